The zero-order chi connectivity index (χ0) is 24.2. The number of aryl methyl sites for hydroxylation is 1. The second-order valence-corrected chi connectivity index (χ2v) is 9.71. The van der Waals surface area contributed by atoms with E-state index in [-0.39, 0.29) is 11.7 Å². The molecule has 1 aromatic heterocycles. The predicted molar refractivity (Wildman–Crippen MR) is 127 cm³/mol. The largest absolute Gasteiger partial charge is 0.335 e. The van der Waals surface area contributed by atoms with Crippen LogP contribution in [0.2, 0.25) is 0 Å². The van der Waals surface area contributed by atoms with Crippen LogP contribution >= 0.6 is 7.60 Å². The van der Waals surface area contributed by atoms with Crippen LogP contribution in [-0.2, 0) is 21.6 Å². The molecule has 0 saturated carbocycles. The fourth-order valence-corrected chi connectivity index (χ4v) is 5.30. The van der Waals surface area contributed by atoms with Crippen LogP contribution < -0.4 is 5.32 Å². The number of carbonyl (C=O) groups is 1. The number of amides is 1. The molecule has 1 heterocycles. The summed E-state index contributed by atoms with van der Waals surface area (Å²) in [7, 11) is -2.61. The Morgan fingerprint density at radius 3 is 2.27 bits per heavy atom. The zero-order valence-corrected chi connectivity index (χ0v) is 19.6. The van der Waals surface area contributed by atoms with E-state index in [0.717, 1.165) is 11.3 Å². The number of nitrogens with one attached hydrogen (secondary N) is 1. The molecule has 0 aliphatic heterocycles. The number of hydrogen-bond acceptors (Lipinski definition) is 3. The first-order valence-electron chi connectivity index (χ1n) is 10.5. The van der Waals surface area contributed by atoms with E-state index in [1.54, 1.807) is 74.2 Å². The van der Waals surface area contributed by atoms with E-state index in [2.05, 4.69) is 10.4 Å². The Kier molecular flexibility index (Phi) is 7.32. The third kappa shape index (κ3) is 5.14. The van der Waals surface area contributed by atoms with Crippen molar-refractivity contribution in [3.63, 3.8) is 0 Å². The monoisotopic (exact) mass is 471 g/mol. The number of aromatic nitrogens is 2. The van der Waals surface area contributed by atoms with Crippen molar-refractivity contribution in [2.45, 2.75) is 31.8 Å². The van der Waals surface area contributed by atoms with Gasteiger partial charge in [0.15, 0.2) is 0 Å². The van der Waals surface area contributed by atoms with Gasteiger partial charge in [-0.3, -0.25) is 14.0 Å². The van der Waals surface area contributed by atoms with Crippen molar-refractivity contribution in [2.24, 2.45) is 7.05 Å². The van der Waals surface area contributed by atoms with Crippen molar-refractivity contribution in [3.05, 3.63) is 77.7 Å². The van der Waals surface area contributed by atoms with E-state index in [0.29, 0.717) is 29.7 Å². The van der Waals surface area contributed by atoms with Crippen molar-refractivity contribution >= 4 is 25.3 Å². The molecule has 3 N–H and O–H groups in total. The minimum Gasteiger partial charge on any atom is -0.324 e. The van der Waals surface area contributed by atoms with E-state index < -0.39 is 12.8 Å². The summed E-state index contributed by atoms with van der Waals surface area (Å²) in [5, 5.41) is 5.72. The maximum Gasteiger partial charge on any atom is 0.335 e. The van der Waals surface area contributed by atoms with Gasteiger partial charge < -0.3 is 15.1 Å². The van der Waals surface area contributed by atoms with Gasteiger partial charge in [0.1, 0.15) is 5.82 Å². The van der Waals surface area contributed by atoms with Gasteiger partial charge in [-0.2, -0.15) is 5.10 Å². The van der Waals surface area contributed by atoms with Crippen LogP contribution in [0.4, 0.5) is 10.1 Å². The molecule has 7 nitrogen and oxygen atoms in total. The molecule has 3 rings (SSSR count). The van der Waals surface area contributed by atoms with Crippen molar-refractivity contribution in [1.29, 1.82) is 0 Å². The molecule has 0 radical (unpaired) electrons. The number of anilines is 1. The van der Waals surface area contributed by atoms with Gasteiger partial charge in [0.25, 0.3) is 0 Å². The summed E-state index contributed by atoms with van der Waals surface area (Å²) < 4.78 is 27.0. The Balaban J connectivity index is 1.76. The van der Waals surface area contributed by atoms with E-state index in [9.17, 15) is 23.5 Å². The standard InChI is InChI=1S/C24H27FN3O4P/c1-4-24(5-2,33(30,31)32)19-9-13-21(14-10-19)27-22(29)15-8-18-16-26-28(3)23(18)17-6-11-20(25)12-7-17/h6-16H,4-5H2,1-3H3,(H,27,29)(H2,30,31,32)/b15-8+. The molecule has 9 heteroatoms. The fraction of sp³-hybridized carbons (Fsp3) is 0.250. The topological polar surface area (TPSA) is 104 Å². The molecule has 0 saturated heterocycles. The zero-order valence-electron chi connectivity index (χ0n) is 18.7. The Morgan fingerprint density at radius 1 is 1.12 bits per heavy atom. The van der Waals surface area contributed by atoms with E-state index in [1.807, 2.05) is 0 Å². The van der Waals surface area contributed by atoms with Crippen LogP contribution in [0.25, 0.3) is 17.3 Å². The van der Waals surface area contributed by atoms with Crippen LogP contribution in [0.5, 0.6) is 0 Å². The van der Waals surface area contributed by atoms with E-state index in [1.165, 1.54) is 18.2 Å². The predicted octanol–water partition coefficient (Wildman–Crippen LogP) is 5.07. The van der Waals surface area contributed by atoms with Crippen molar-refractivity contribution in [3.8, 4) is 11.3 Å². The third-order valence-corrected chi connectivity index (χ3v) is 7.92. The van der Waals surface area contributed by atoms with Crippen LogP contribution in [-0.4, -0.2) is 25.5 Å². The first kappa shape index (κ1) is 24.6. The fourth-order valence-electron chi connectivity index (χ4n) is 3.99. The lowest BCUT2D eigenvalue weighted by molar-refractivity contribution is -0.111. The number of halogens is 1. The van der Waals surface area contributed by atoms with Crippen molar-refractivity contribution in [1.82, 2.24) is 9.78 Å². The van der Waals surface area contributed by atoms with Gasteiger partial charge >= 0.3 is 7.60 Å². The quantitative estimate of drug-likeness (QED) is 0.314. The second-order valence-electron chi connectivity index (χ2n) is 7.76. The van der Waals surface area contributed by atoms with Crippen molar-refractivity contribution in [2.75, 3.05) is 5.32 Å². The summed E-state index contributed by atoms with van der Waals surface area (Å²) in [6, 6.07) is 12.6. The molecule has 1 amide bonds. The van der Waals surface area contributed by atoms with Gasteiger partial charge in [-0.25, -0.2) is 4.39 Å². The lowest BCUT2D eigenvalue weighted by Crippen LogP contribution is -2.24. The van der Waals surface area contributed by atoms with Gasteiger partial charge in [-0.05, 0) is 60.9 Å². The molecule has 0 fully saturated rings. The minimum absolute atomic E-state index is 0.295. The molecule has 0 aliphatic carbocycles. The molecule has 174 valence electrons. The minimum atomic E-state index is -4.37. The number of carbonyl (C=O) groups excluding carboxylic acids is 1. The molecule has 0 aliphatic rings. The molecular weight excluding hydrogens is 444 g/mol. The summed E-state index contributed by atoms with van der Waals surface area (Å²) in [6.45, 7) is 3.50. The molecule has 0 atom stereocenters. The molecule has 3 aromatic rings. The smallest absolute Gasteiger partial charge is 0.324 e. The van der Waals surface area contributed by atoms with Crippen LogP contribution in [0.1, 0.15) is 37.8 Å². The first-order valence-corrected chi connectivity index (χ1v) is 12.2. The van der Waals surface area contributed by atoms with Crippen LogP contribution in [0, 0.1) is 5.82 Å². The molecule has 2 aromatic carbocycles. The lowest BCUT2D eigenvalue weighted by Gasteiger charge is -2.33. The summed E-state index contributed by atoms with van der Waals surface area (Å²) in [4.78, 5) is 32.2. The second kappa shape index (κ2) is 9.83. The van der Waals surface area contributed by atoms with E-state index in [4.69, 9.17) is 0 Å². The summed E-state index contributed by atoms with van der Waals surface area (Å²) in [5.74, 6) is -0.705. The van der Waals surface area contributed by atoms with E-state index >= 15 is 0 Å². The lowest BCUT2D eigenvalue weighted by atomic mass is 9.92. The molecule has 33 heavy (non-hydrogen) atoms. The normalized spacial score (nSPS) is 12.3. The van der Waals surface area contributed by atoms with Crippen LogP contribution in [0.3, 0.4) is 0 Å². The average molecular weight is 471 g/mol. The van der Waals surface area contributed by atoms with Crippen molar-refractivity contribution < 1.29 is 23.5 Å². The molecule has 0 unspecified atom stereocenters. The molecular formula is C24H27FN3O4P. The van der Waals surface area contributed by atoms with Gasteiger partial charge in [-0.15, -0.1) is 0 Å². The summed E-state index contributed by atoms with van der Waals surface area (Å²) in [5.41, 5.74) is 3.26. The SMILES string of the molecule is CCC(CC)(c1ccc(NC(=O)/C=C/c2cnn(C)c2-c2ccc(F)cc2)cc1)P(=O)(O)O. The molecule has 0 spiro atoms. The Morgan fingerprint density at radius 2 is 1.73 bits per heavy atom. The maximum absolute atomic E-state index is 13.3. The number of benzene rings is 2. The van der Waals surface area contributed by atoms with Gasteiger partial charge in [0, 0.05) is 29.9 Å². The third-order valence-electron chi connectivity index (χ3n) is 5.92. The van der Waals surface area contributed by atoms with Gasteiger partial charge in [0.05, 0.1) is 17.0 Å². The van der Waals surface area contributed by atoms with Gasteiger partial charge in [0.2, 0.25) is 5.91 Å². The Hall–Kier alpha value is -3.06. The average Bonchev–Trinajstić information content (AvgIpc) is 3.14. The first-order chi connectivity index (χ1) is 15.6. The highest BCUT2D eigenvalue weighted by Gasteiger charge is 2.45. The maximum atomic E-state index is 13.3. The highest BCUT2D eigenvalue weighted by molar-refractivity contribution is 7.53. The number of nitrogens with zero attached hydrogens (tertiary/aromatic N) is 2. The number of hydrogen-bond donors (Lipinski definition) is 3. The van der Waals surface area contributed by atoms with Gasteiger partial charge in [-0.1, -0.05) is 26.0 Å². The van der Waals surface area contributed by atoms with Crippen LogP contribution in [0.15, 0.2) is 60.8 Å². The Labute approximate surface area is 192 Å². The summed E-state index contributed by atoms with van der Waals surface area (Å²) >= 11 is 0. The number of rotatable bonds is 8. The Bertz CT molecular complexity index is 1190. The summed E-state index contributed by atoms with van der Waals surface area (Å²) in [6.07, 6.45) is 5.21. The highest BCUT2D eigenvalue weighted by atomic mass is 31.2. The molecule has 0 bridgehead atoms. The highest BCUT2D eigenvalue weighted by Crippen LogP contribution is 2.60.